The van der Waals surface area contributed by atoms with Gasteiger partial charge in [-0.05, 0) is 68.4 Å². The molecule has 1 amide bonds. The third-order valence-corrected chi connectivity index (χ3v) is 4.69. The van der Waals surface area contributed by atoms with Gasteiger partial charge >= 0.3 is 0 Å². The van der Waals surface area contributed by atoms with Crippen molar-refractivity contribution in [2.45, 2.75) is 20.0 Å². The van der Waals surface area contributed by atoms with E-state index in [0.717, 1.165) is 12.1 Å². The fourth-order valence-electron chi connectivity index (χ4n) is 2.97. The largest absolute Gasteiger partial charge is 0.491 e. The maximum Gasteiger partial charge on any atom is 0.255 e. The van der Waals surface area contributed by atoms with E-state index < -0.39 is 11.6 Å². The van der Waals surface area contributed by atoms with Crippen LogP contribution in [0.25, 0.3) is 22.6 Å². The number of halogens is 3. The highest BCUT2D eigenvalue weighted by Crippen LogP contribution is 2.32. The van der Waals surface area contributed by atoms with Crippen LogP contribution in [0.3, 0.4) is 0 Å². The van der Waals surface area contributed by atoms with Gasteiger partial charge in [-0.3, -0.25) is 4.79 Å². The van der Waals surface area contributed by atoms with Gasteiger partial charge in [0.2, 0.25) is 5.89 Å². The molecule has 0 bridgehead atoms. The number of nitrogens with zero attached hydrogens (tertiary/aromatic N) is 1. The maximum atomic E-state index is 13.6. The third kappa shape index (κ3) is 4.51. The molecular formula is C23H17ClF2N2O3. The number of aromatic nitrogens is 1. The van der Waals surface area contributed by atoms with Gasteiger partial charge in [0.1, 0.15) is 11.3 Å². The number of amides is 1. The van der Waals surface area contributed by atoms with Gasteiger partial charge in [0.15, 0.2) is 17.2 Å². The van der Waals surface area contributed by atoms with E-state index in [1.807, 2.05) is 13.8 Å². The van der Waals surface area contributed by atoms with Crippen molar-refractivity contribution in [2.75, 3.05) is 5.32 Å². The van der Waals surface area contributed by atoms with E-state index >= 15 is 0 Å². The number of anilines is 1. The molecule has 1 heterocycles. The Morgan fingerprint density at radius 1 is 1.06 bits per heavy atom. The fraction of sp³-hybridized carbons (Fsp3) is 0.130. The molecule has 0 aliphatic rings. The van der Waals surface area contributed by atoms with Crippen molar-refractivity contribution in [3.05, 3.63) is 76.8 Å². The average molecular weight is 443 g/mol. The van der Waals surface area contributed by atoms with Gasteiger partial charge in [0.05, 0.1) is 16.7 Å². The quantitative estimate of drug-likeness (QED) is 0.360. The van der Waals surface area contributed by atoms with E-state index in [1.165, 1.54) is 0 Å². The summed E-state index contributed by atoms with van der Waals surface area (Å²) in [5.41, 5.74) is 1.92. The lowest BCUT2D eigenvalue weighted by molar-refractivity contribution is 0.102. The molecule has 0 spiro atoms. The summed E-state index contributed by atoms with van der Waals surface area (Å²) in [6.45, 7) is 3.85. The summed E-state index contributed by atoms with van der Waals surface area (Å²) in [6, 6.07) is 13.5. The summed E-state index contributed by atoms with van der Waals surface area (Å²) in [5.74, 6) is -1.69. The molecule has 158 valence electrons. The van der Waals surface area contributed by atoms with Gasteiger partial charge in [0, 0.05) is 11.3 Å². The Morgan fingerprint density at radius 2 is 1.77 bits per heavy atom. The number of ether oxygens (including phenoxy) is 1. The zero-order valence-corrected chi connectivity index (χ0v) is 17.3. The first kappa shape index (κ1) is 20.8. The second-order valence-electron chi connectivity index (χ2n) is 7.09. The van der Waals surface area contributed by atoms with Crippen molar-refractivity contribution in [3.63, 3.8) is 0 Å². The molecule has 3 aromatic carbocycles. The normalized spacial score (nSPS) is 11.2. The number of carbonyl (C=O) groups is 1. The molecule has 31 heavy (non-hydrogen) atoms. The van der Waals surface area contributed by atoms with Gasteiger partial charge in [0.25, 0.3) is 5.91 Å². The smallest absolute Gasteiger partial charge is 0.255 e. The molecule has 0 unspecified atom stereocenters. The predicted molar refractivity (Wildman–Crippen MR) is 115 cm³/mol. The van der Waals surface area contributed by atoms with E-state index in [-0.39, 0.29) is 28.5 Å². The molecule has 0 atom stereocenters. The first-order valence-corrected chi connectivity index (χ1v) is 9.81. The highest BCUT2D eigenvalue weighted by molar-refractivity contribution is 6.33. The standard InChI is InChI=1S/C23H17ClF2N2O3/c1-12(2)30-15-6-3-13(4-7-15)22(29)27-14-5-8-21-20(9-14)28-23(31-21)16-10-18(25)19(26)11-17(16)24/h3-12H,1-2H3,(H,27,29). The zero-order chi connectivity index (χ0) is 22.1. The second kappa shape index (κ2) is 8.35. The van der Waals surface area contributed by atoms with Crippen LogP contribution in [0.1, 0.15) is 24.2 Å². The van der Waals surface area contributed by atoms with Crippen molar-refractivity contribution in [1.29, 1.82) is 0 Å². The summed E-state index contributed by atoms with van der Waals surface area (Å²) >= 11 is 6.00. The molecule has 1 N–H and O–H groups in total. The van der Waals surface area contributed by atoms with Crippen LogP contribution in [0, 0.1) is 11.6 Å². The van der Waals surface area contributed by atoms with Crippen molar-refractivity contribution >= 4 is 34.3 Å². The predicted octanol–water partition coefficient (Wildman–Crippen LogP) is 6.47. The molecule has 0 saturated carbocycles. The number of carbonyl (C=O) groups excluding carboxylic acids is 1. The van der Waals surface area contributed by atoms with Gasteiger partial charge < -0.3 is 14.5 Å². The third-order valence-electron chi connectivity index (χ3n) is 4.37. The Morgan fingerprint density at radius 3 is 2.48 bits per heavy atom. The first-order valence-electron chi connectivity index (χ1n) is 9.44. The first-order chi connectivity index (χ1) is 14.8. The lowest BCUT2D eigenvalue weighted by atomic mass is 10.2. The topological polar surface area (TPSA) is 64.4 Å². The summed E-state index contributed by atoms with van der Waals surface area (Å²) in [6.07, 6.45) is 0.0417. The molecule has 5 nitrogen and oxygen atoms in total. The second-order valence-corrected chi connectivity index (χ2v) is 7.50. The van der Waals surface area contributed by atoms with Crippen LogP contribution in [-0.2, 0) is 0 Å². The maximum absolute atomic E-state index is 13.6. The number of hydrogen-bond acceptors (Lipinski definition) is 4. The number of rotatable bonds is 5. The number of benzene rings is 3. The lowest BCUT2D eigenvalue weighted by Gasteiger charge is -2.10. The van der Waals surface area contributed by atoms with Crippen molar-refractivity contribution in [2.24, 2.45) is 0 Å². The highest BCUT2D eigenvalue weighted by atomic mass is 35.5. The van der Waals surface area contributed by atoms with Gasteiger partial charge in [-0.2, -0.15) is 0 Å². The Kier molecular flexibility index (Phi) is 5.61. The van der Waals surface area contributed by atoms with Crippen LogP contribution in [0.5, 0.6) is 5.75 Å². The van der Waals surface area contributed by atoms with Crippen molar-refractivity contribution in [1.82, 2.24) is 4.98 Å². The monoisotopic (exact) mass is 442 g/mol. The van der Waals surface area contributed by atoms with E-state index in [0.29, 0.717) is 28.1 Å². The molecule has 8 heteroatoms. The molecule has 0 aliphatic carbocycles. The number of hydrogen-bond donors (Lipinski definition) is 1. The van der Waals surface area contributed by atoms with Gasteiger partial charge in [-0.1, -0.05) is 11.6 Å². The van der Waals surface area contributed by atoms with Crippen LogP contribution in [-0.4, -0.2) is 17.0 Å². The van der Waals surface area contributed by atoms with Crippen LogP contribution in [0.4, 0.5) is 14.5 Å². The summed E-state index contributed by atoms with van der Waals surface area (Å²) < 4.78 is 38.1. The zero-order valence-electron chi connectivity index (χ0n) is 16.6. The van der Waals surface area contributed by atoms with E-state index in [4.69, 9.17) is 20.8 Å². The summed E-state index contributed by atoms with van der Waals surface area (Å²) in [5, 5.41) is 2.77. The van der Waals surface area contributed by atoms with Crippen LogP contribution in [0.15, 0.2) is 59.0 Å². The number of nitrogens with one attached hydrogen (secondary N) is 1. The molecule has 1 aromatic heterocycles. The minimum absolute atomic E-state index is 0.0242. The summed E-state index contributed by atoms with van der Waals surface area (Å²) in [7, 11) is 0. The van der Waals surface area contributed by atoms with Gasteiger partial charge in [-0.25, -0.2) is 13.8 Å². The number of oxazole rings is 1. The fourth-order valence-corrected chi connectivity index (χ4v) is 3.20. The summed E-state index contributed by atoms with van der Waals surface area (Å²) in [4.78, 5) is 16.8. The van der Waals surface area contributed by atoms with Gasteiger partial charge in [-0.15, -0.1) is 0 Å². The van der Waals surface area contributed by atoms with E-state index in [2.05, 4.69) is 10.3 Å². The van der Waals surface area contributed by atoms with Crippen LogP contribution in [0.2, 0.25) is 5.02 Å². The molecule has 4 aromatic rings. The Hall–Kier alpha value is -3.45. The van der Waals surface area contributed by atoms with E-state index in [1.54, 1.807) is 42.5 Å². The minimum Gasteiger partial charge on any atom is -0.491 e. The Labute approximate surface area is 181 Å². The molecule has 0 saturated heterocycles. The number of fused-ring (bicyclic) bond motifs is 1. The lowest BCUT2D eigenvalue weighted by Crippen LogP contribution is -2.12. The highest BCUT2D eigenvalue weighted by Gasteiger charge is 2.16. The van der Waals surface area contributed by atoms with Crippen LogP contribution < -0.4 is 10.1 Å². The molecule has 0 aliphatic heterocycles. The Balaban J connectivity index is 1.56. The Bertz CT molecular complexity index is 1270. The molecule has 0 fully saturated rings. The molecular weight excluding hydrogens is 426 g/mol. The molecule has 4 rings (SSSR count). The SMILES string of the molecule is CC(C)Oc1ccc(C(=O)Nc2ccc3oc(-c4cc(F)c(F)cc4Cl)nc3c2)cc1. The average Bonchev–Trinajstić information content (AvgIpc) is 3.14. The van der Waals surface area contributed by atoms with Crippen molar-refractivity contribution in [3.8, 4) is 17.2 Å². The van der Waals surface area contributed by atoms with E-state index in [9.17, 15) is 13.6 Å². The molecule has 0 radical (unpaired) electrons. The van der Waals surface area contributed by atoms with Crippen LogP contribution >= 0.6 is 11.6 Å². The minimum atomic E-state index is -1.06. The van der Waals surface area contributed by atoms with Crippen molar-refractivity contribution < 1.29 is 22.7 Å².